The molecule has 5 heteroatoms. The van der Waals surface area contributed by atoms with Crippen LogP contribution in [0.2, 0.25) is 0 Å². The van der Waals surface area contributed by atoms with Crippen LogP contribution in [0.25, 0.3) is 0 Å². The molecule has 96 valence electrons. The molecule has 0 aliphatic carbocycles. The first-order valence-electron chi connectivity index (χ1n) is 5.42. The van der Waals surface area contributed by atoms with Gasteiger partial charge in [0.05, 0.1) is 20.3 Å². The summed E-state index contributed by atoms with van der Waals surface area (Å²) in [6.07, 6.45) is -1.63. The second-order valence-electron chi connectivity index (χ2n) is 3.70. The van der Waals surface area contributed by atoms with Crippen LogP contribution in [0.3, 0.4) is 0 Å². The lowest BCUT2D eigenvalue weighted by Gasteiger charge is -2.20. The van der Waals surface area contributed by atoms with E-state index in [0.717, 1.165) is 0 Å². The van der Waals surface area contributed by atoms with E-state index in [1.807, 2.05) is 0 Å². The average molecular weight is 241 g/mol. The molecule has 2 atom stereocenters. The zero-order valence-corrected chi connectivity index (χ0v) is 10.1. The first-order chi connectivity index (χ1) is 8.13. The van der Waals surface area contributed by atoms with Crippen LogP contribution < -0.4 is 15.2 Å². The van der Waals surface area contributed by atoms with Crippen molar-refractivity contribution < 1.29 is 19.7 Å². The Balaban J connectivity index is 3.00. The predicted molar refractivity (Wildman–Crippen MR) is 64.2 cm³/mol. The summed E-state index contributed by atoms with van der Waals surface area (Å²) in [5, 5.41) is 19.7. The normalized spacial score (nSPS) is 14.2. The molecule has 1 aromatic rings. The number of hydrogen-bond acceptors (Lipinski definition) is 5. The largest absolute Gasteiger partial charge is 0.497 e. The molecule has 17 heavy (non-hydrogen) atoms. The van der Waals surface area contributed by atoms with E-state index in [-0.39, 0.29) is 0 Å². The van der Waals surface area contributed by atoms with Crippen molar-refractivity contribution in [2.24, 2.45) is 5.73 Å². The predicted octanol–water partition coefficient (Wildman–Crippen LogP) is 0.447. The maximum atomic E-state index is 10.0. The Hall–Kier alpha value is -1.30. The molecule has 1 rings (SSSR count). The molecule has 0 saturated heterocycles. The summed E-state index contributed by atoms with van der Waals surface area (Å²) in [7, 11) is 3.04. The first-order valence-corrected chi connectivity index (χ1v) is 5.42. The standard InChI is InChI=1S/C12H19NO4/c1-16-8-3-4-11(17-2)9(7-8)12(15)10(14)5-6-13/h3-4,7,10,12,14-15H,5-6,13H2,1-2H3. The summed E-state index contributed by atoms with van der Waals surface area (Å²) >= 11 is 0. The van der Waals surface area contributed by atoms with Gasteiger partial charge in [-0.05, 0) is 31.2 Å². The van der Waals surface area contributed by atoms with Crippen molar-refractivity contribution in [2.45, 2.75) is 18.6 Å². The topological polar surface area (TPSA) is 84.9 Å². The molecule has 2 unspecified atom stereocenters. The van der Waals surface area contributed by atoms with Crippen molar-refractivity contribution in [1.29, 1.82) is 0 Å². The van der Waals surface area contributed by atoms with E-state index >= 15 is 0 Å². The summed E-state index contributed by atoms with van der Waals surface area (Å²) in [6, 6.07) is 5.06. The molecule has 0 aliphatic heterocycles. The number of ether oxygens (including phenoxy) is 2. The van der Waals surface area contributed by atoms with Crippen LogP contribution in [-0.2, 0) is 0 Å². The van der Waals surface area contributed by atoms with Gasteiger partial charge in [-0.25, -0.2) is 0 Å². The minimum atomic E-state index is -1.04. The molecule has 4 N–H and O–H groups in total. The zero-order valence-electron chi connectivity index (χ0n) is 10.1. The van der Waals surface area contributed by atoms with Gasteiger partial charge < -0.3 is 25.4 Å². The molecule has 0 saturated carbocycles. The van der Waals surface area contributed by atoms with E-state index in [4.69, 9.17) is 15.2 Å². The minimum Gasteiger partial charge on any atom is -0.497 e. The molecule has 0 aliphatic rings. The Kier molecular flexibility index (Phi) is 5.21. The van der Waals surface area contributed by atoms with Crippen LogP contribution in [0, 0.1) is 0 Å². The summed E-state index contributed by atoms with van der Waals surface area (Å²) in [4.78, 5) is 0. The van der Waals surface area contributed by atoms with E-state index < -0.39 is 12.2 Å². The molecule has 0 heterocycles. The molecule has 0 spiro atoms. The Bertz CT molecular complexity index is 356. The summed E-state index contributed by atoms with van der Waals surface area (Å²) in [5.74, 6) is 1.11. The van der Waals surface area contributed by atoms with E-state index in [1.165, 1.54) is 14.2 Å². The molecule has 0 aromatic heterocycles. The fourth-order valence-electron chi connectivity index (χ4n) is 1.61. The van der Waals surface area contributed by atoms with E-state index in [9.17, 15) is 10.2 Å². The van der Waals surface area contributed by atoms with Gasteiger partial charge in [-0.15, -0.1) is 0 Å². The van der Waals surface area contributed by atoms with Crippen LogP contribution in [0.4, 0.5) is 0 Å². The van der Waals surface area contributed by atoms with Crippen molar-refractivity contribution in [3.63, 3.8) is 0 Å². The first kappa shape index (κ1) is 13.8. The van der Waals surface area contributed by atoms with Gasteiger partial charge in [-0.3, -0.25) is 0 Å². The Morgan fingerprint density at radius 3 is 2.47 bits per heavy atom. The highest BCUT2D eigenvalue weighted by atomic mass is 16.5. The smallest absolute Gasteiger partial charge is 0.125 e. The Labute approximate surface area is 101 Å². The summed E-state index contributed by atoms with van der Waals surface area (Å²) in [5.41, 5.74) is 5.84. The maximum absolute atomic E-state index is 10.0. The Morgan fingerprint density at radius 2 is 1.94 bits per heavy atom. The van der Waals surface area contributed by atoms with Gasteiger partial charge in [0, 0.05) is 5.56 Å². The van der Waals surface area contributed by atoms with Gasteiger partial charge in [0.1, 0.15) is 17.6 Å². The highest BCUT2D eigenvalue weighted by Gasteiger charge is 2.21. The monoisotopic (exact) mass is 241 g/mol. The van der Waals surface area contributed by atoms with Crippen LogP contribution >= 0.6 is 0 Å². The van der Waals surface area contributed by atoms with Crippen molar-refractivity contribution in [3.05, 3.63) is 23.8 Å². The van der Waals surface area contributed by atoms with Gasteiger partial charge in [0.25, 0.3) is 0 Å². The quantitative estimate of drug-likeness (QED) is 0.673. The van der Waals surface area contributed by atoms with Gasteiger partial charge in [-0.2, -0.15) is 0 Å². The fourth-order valence-corrected chi connectivity index (χ4v) is 1.61. The van der Waals surface area contributed by atoms with E-state index in [2.05, 4.69) is 0 Å². The second-order valence-corrected chi connectivity index (χ2v) is 3.70. The fraction of sp³-hybridized carbons (Fsp3) is 0.500. The van der Waals surface area contributed by atoms with Crippen LogP contribution in [0.1, 0.15) is 18.1 Å². The van der Waals surface area contributed by atoms with Gasteiger partial charge in [0.15, 0.2) is 0 Å². The number of hydrogen-bond donors (Lipinski definition) is 3. The van der Waals surface area contributed by atoms with E-state index in [0.29, 0.717) is 30.0 Å². The van der Waals surface area contributed by atoms with Crippen molar-refractivity contribution in [2.75, 3.05) is 20.8 Å². The lowest BCUT2D eigenvalue weighted by Crippen LogP contribution is -2.22. The number of aliphatic hydroxyl groups excluding tert-OH is 2. The third-order valence-corrected chi connectivity index (χ3v) is 2.58. The van der Waals surface area contributed by atoms with Crippen LogP contribution in [0.15, 0.2) is 18.2 Å². The number of methoxy groups -OCH3 is 2. The van der Waals surface area contributed by atoms with Crippen molar-refractivity contribution in [1.82, 2.24) is 0 Å². The zero-order chi connectivity index (χ0) is 12.8. The highest BCUT2D eigenvalue weighted by molar-refractivity contribution is 5.42. The van der Waals surface area contributed by atoms with Gasteiger partial charge in [0.2, 0.25) is 0 Å². The van der Waals surface area contributed by atoms with E-state index in [1.54, 1.807) is 18.2 Å². The third-order valence-electron chi connectivity index (χ3n) is 2.58. The lowest BCUT2D eigenvalue weighted by atomic mass is 10.0. The van der Waals surface area contributed by atoms with Gasteiger partial charge >= 0.3 is 0 Å². The molecule has 0 amide bonds. The highest BCUT2D eigenvalue weighted by Crippen LogP contribution is 2.31. The average Bonchev–Trinajstić information content (AvgIpc) is 2.37. The van der Waals surface area contributed by atoms with Crippen molar-refractivity contribution in [3.8, 4) is 11.5 Å². The minimum absolute atomic E-state index is 0.310. The van der Waals surface area contributed by atoms with Crippen molar-refractivity contribution >= 4 is 0 Å². The summed E-state index contributed by atoms with van der Waals surface area (Å²) < 4.78 is 10.2. The maximum Gasteiger partial charge on any atom is 0.125 e. The molecule has 0 radical (unpaired) electrons. The molecule has 5 nitrogen and oxygen atoms in total. The molecular formula is C12H19NO4. The molecule has 0 fully saturated rings. The second kappa shape index (κ2) is 6.44. The number of nitrogens with two attached hydrogens (primary N) is 1. The van der Waals surface area contributed by atoms with Crippen LogP contribution in [-0.4, -0.2) is 37.1 Å². The number of rotatable bonds is 6. The molecule has 1 aromatic carbocycles. The third kappa shape index (κ3) is 3.33. The molecular weight excluding hydrogens is 222 g/mol. The SMILES string of the molecule is COc1ccc(OC)c(C(O)C(O)CCN)c1. The van der Waals surface area contributed by atoms with Gasteiger partial charge in [-0.1, -0.05) is 0 Å². The molecule has 0 bridgehead atoms. The summed E-state index contributed by atoms with van der Waals surface area (Å²) in [6.45, 7) is 0.310. The number of benzene rings is 1. The number of aliphatic hydroxyl groups is 2. The van der Waals surface area contributed by atoms with Crippen LogP contribution in [0.5, 0.6) is 11.5 Å². The Morgan fingerprint density at radius 1 is 1.24 bits per heavy atom. The lowest BCUT2D eigenvalue weighted by molar-refractivity contribution is 0.0136.